The van der Waals surface area contributed by atoms with Gasteiger partial charge in [-0.2, -0.15) is 0 Å². The molecule has 0 bridgehead atoms. The lowest BCUT2D eigenvalue weighted by atomic mass is 10.1. The van der Waals surface area contributed by atoms with Crippen molar-refractivity contribution in [3.05, 3.63) is 53.3 Å². The Morgan fingerprint density at radius 1 is 1.29 bits per heavy atom. The van der Waals surface area contributed by atoms with Crippen LogP contribution in [0.15, 0.2) is 36.4 Å². The molecule has 21 heavy (non-hydrogen) atoms. The van der Waals surface area contributed by atoms with E-state index in [-0.39, 0.29) is 11.7 Å². The molecule has 2 aromatic rings. The van der Waals surface area contributed by atoms with E-state index < -0.39 is 5.82 Å². The van der Waals surface area contributed by atoms with Crippen molar-refractivity contribution in [2.75, 3.05) is 19.0 Å². The molecule has 1 aliphatic rings. The predicted molar refractivity (Wildman–Crippen MR) is 76.5 cm³/mol. The maximum absolute atomic E-state index is 13.1. The summed E-state index contributed by atoms with van der Waals surface area (Å²) < 4.78 is 23.6. The average molecular weight is 287 g/mol. The van der Waals surface area contributed by atoms with Gasteiger partial charge in [-0.25, -0.2) is 4.39 Å². The fourth-order valence-corrected chi connectivity index (χ4v) is 2.29. The number of ether oxygens (including phenoxy) is 2. The molecule has 1 aliphatic heterocycles. The summed E-state index contributed by atoms with van der Waals surface area (Å²) in [6.07, 6.45) is 0.802. The van der Waals surface area contributed by atoms with Crippen LogP contribution in [0.3, 0.4) is 0 Å². The molecular weight excluding hydrogens is 273 g/mol. The van der Waals surface area contributed by atoms with Crippen molar-refractivity contribution in [1.82, 2.24) is 0 Å². The van der Waals surface area contributed by atoms with Crippen LogP contribution in [0, 0.1) is 5.82 Å². The quantitative estimate of drug-likeness (QED) is 0.944. The highest BCUT2D eigenvalue weighted by atomic mass is 19.1. The van der Waals surface area contributed by atoms with Crippen LogP contribution in [-0.2, 0) is 6.42 Å². The Kier molecular flexibility index (Phi) is 3.48. The summed E-state index contributed by atoms with van der Waals surface area (Å²) in [5, 5.41) is 2.72. The van der Waals surface area contributed by atoms with Crippen LogP contribution >= 0.6 is 0 Å². The number of fused-ring (bicyclic) bond motifs is 1. The smallest absolute Gasteiger partial charge is 0.255 e. The van der Waals surface area contributed by atoms with Gasteiger partial charge in [0.05, 0.1) is 19.4 Å². The van der Waals surface area contributed by atoms with Gasteiger partial charge in [-0.3, -0.25) is 4.79 Å². The zero-order valence-electron chi connectivity index (χ0n) is 11.5. The van der Waals surface area contributed by atoms with Gasteiger partial charge in [0.2, 0.25) is 0 Å². The number of hydrogen-bond donors (Lipinski definition) is 1. The van der Waals surface area contributed by atoms with Crippen LogP contribution in [0.1, 0.15) is 15.9 Å². The standard InChI is InChI=1S/C16H14FNO3/c1-20-15-9-12(17)3-4-13(15)18-16(19)11-2-5-14-10(8-11)6-7-21-14/h2-5,8-9H,6-7H2,1H3,(H,18,19). The van der Waals surface area contributed by atoms with Crippen molar-refractivity contribution >= 4 is 11.6 Å². The Balaban J connectivity index is 1.83. The van der Waals surface area contributed by atoms with Gasteiger partial charge in [0.1, 0.15) is 17.3 Å². The molecule has 0 unspecified atom stereocenters. The molecule has 0 radical (unpaired) electrons. The molecule has 0 aliphatic carbocycles. The predicted octanol–water partition coefficient (Wildman–Crippen LogP) is 3.02. The molecule has 0 saturated carbocycles. The van der Waals surface area contributed by atoms with E-state index in [1.165, 1.54) is 25.3 Å². The Bertz CT molecular complexity index is 700. The van der Waals surface area contributed by atoms with Crippen molar-refractivity contribution in [2.45, 2.75) is 6.42 Å². The number of carbonyl (C=O) groups excluding carboxylic acids is 1. The zero-order valence-corrected chi connectivity index (χ0v) is 11.5. The lowest BCUT2D eigenvalue weighted by Crippen LogP contribution is -2.13. The van der Waals surface area contributed by atoms with E-state index in [4.69, 9.17) is 9.47 Å². The summed E-state index contributed by atoms with van der Waals surface area (Å²) >= 11 is 0. The molecule has 4 nitrogen and oxygen atoms in total. The molecule has 0 atom stereocenters. The van der Waals surface area contributed by atoms with E-state index in [0.717, 1.165) is 17.7 Å². The highest BCUT2D eigenvalue weighted by Gasteiger charge is 2.16. The number of benzene rings is 2. The number of halogens is 1. The first-order valence-corrected chi connectivity index (χ1v) is 6.58. The molecule has 3 rings (SSSR count). The molecular formula is C16H14FNO3. The highest BCUT2D eigenvalue weighted by Crippen LogP contribution is 2.28. The maximum atomic E-state index is 13.1. The molecule has 1 amide bonds. The van der Waals surface area contributed by atoms with Gasteiger partial charge < -0.3 is 14.8 Å². The van der Waals surface area contributed by atoms with Crippen molar-refractivity contribution in [2.24, 2.45) is 0 Å². The van der Waals surface area contributed by atoms with Gasteiger partial charge in [0, 0.05) is 18.1 Å². The van der Waals surface area contributed by atoms with Crippen molar-refractivity contribution in [1.29, 1.82) is 0 Å². The number of rotatable bonds is 3. The van der Waals surface area contributed by atoms with E-state index in [9.17, 15) is 9.18 Å². The van der Waals surface area contributed by atoms with Crippen LogP contribution < -0.4 is 14.8 Å². The molecule has 0 saturated heterocycles. The third-order valence-electron chi connectivity index (χ3n) is 3.36. The van der Waals surface area contributed by atoms with Gasteiger partial charge in [0.15, 0.2) is 0 Å². The SMILES string of the molecule is COc1cc(F)ccc1NC(=O)c1ccc2c(c1)CCO2. The minimum Gasteiger partial charge on any atom is -0.494 e. The summed E-state index contributed by atoms with van der Waals surface area (Å²) in [7, 11) is 1.43. The molecule has 1 heterocycles. The normalized spacial score (nSPS) is 12.5. The first-order valence-electron chi connectivity index (χ1n) is 6.58. The number of anilines is 1. The average Bonchev–Trinajstić information content (AvgIpc) is 2.96. The van der Waals surface area contributed by atoms with Crippen molar-refractivity contribution < 1.29 is 18.7 Å². The second-order valence-corrected chi connectivity index (χ2v) is 4.72. The van der Waals surface area contributed by atoms with Crippen LogP contribution in [0.2, 0.25) is 0 Å². The molecule has 0 aromatic heterocycles. The Morgan fingerprint density at radius 3 is 2.95 bits per heavy atom. The molecule has 5 heteroatoms. The number of nitrogens with one attached hydrogen (secondary N) is 1. The first-order chi connectivity index (χ1) is 10.2. The zero-order chi connectivity index (χ0) is 14.8. The van der Waals surface area contributed by atoms with Gasteiger partial charge in [-0.15, -0.1) is 0 Å². The van der Waals surface area contributed by atoms with Crippen molar-refractivity contribution in [3.8, 4) is 11.5 Å². The Hall–Kier alpha value is -2.56. The molecule has 2 aromatic carbocycles. The Morgan fingerprint density at radius 2 is 2.14 bits per heavy atom. The van der Waals surface area contributed by atoms with Crippen LogP contribution in [-0.4, -0.2) is 19.6 Å². The summed E-state index contributed by atoms with van der Waals surface area (Å²) in [5.74, 6) is 0.424. The second-order valence-electron chi connectivity index (χ2n) is 4.72. The number of hydrogen-bond acceptors (Lipinski definition) is 3. The number of methoxy groups -OCH3 is 1. The minimum atomic E-state index is -0.417. The van der Waals surface area contributed by atoms with Crippen LogP contribution in [0.25, 0.3) is 0 Å². The molecule has 1 N–H and O–H groups in total. The molecule has 0 fully saturated rings. The number of amides is 1. The third-order valence-corrected chi connectivity index (χ3v) is 3.36. The van der Waals surface area contributed by atoms with Crippen molar-refractivity contribution in [3.63, 3.8) is 0 Å². The topological polar surface area (TPSA) is 47.6 Å². The second kappa shape index (κ2) is 5.44. The lowest BCUT2D eigenvalue weighted by molar-refractivity contribution is 0.102. The van der Waals surface area contributed by atoms with Gasteiger partial charge >= 0.3 is 0 Å². The van der Waals surface area contributed by atoms with E-state index in [1.54, 1.807) is 12.1 Å². The van der Waals surface area contributed by atoms with Crippen LogP contribution in [0.4, 0.5) is 10.1 Å². The monoisotopic (exact) mass is 287 g/mol. The largest absolute Gasteiger partial charge is 0.494 e. The maximum Gasteiger partial charge on any atom is 0.255 e. The Labute approximate surface area is 121 Å². The summed E-state index contributed by atoms with van der Waals surface area (Å²) in [6.45, 7) is 0.645. The lowest BCUT2D eigenvalue weighted by Gasteiger charge is -2.10. The summed E-state index contributed by atoms with van der Waals surface area (Å²) in [6, 6.07) is 9.28. The molecule has 0 spiro atoms. The minimum absolute atomic E-state index is 0.269. The van der Waals surface area contributed by atoms with E-state index in [2.05, 4.69) is 5.32 Å². The first kappa shape index (κ1) is 13.4. The van der Waals surface area contributed by atoms with Gasteiger partial charge in [-0.1, -0.05) is 0 Å². The van der Waals surface area contributed by atoms with Gasteiger partial charge in [-0.05, 0) is 35.9 Å². The fraction of sp³-hybridized carbons (Fsp3) is 0.188. The van der Waals surface area contributed by atoms with E-state index >= 15 is 0 Å². The van der Waals surface area contributed by atoms with Crippen LogP contribution in [0.5, 0.6) is 11.5 Å². The third kappa shape index (κ3) is 2.67. The fourth-order valence-electron chi connectivity index (χ4n) is 2.29. The number of carbonyl (C=O) groups is 1. The molecule has 108 valence electrons. The van der Waals surface area contributed by atoms with E-state index in [1.807, 2.05) is 6.07 Å². The summed E-state index contributed by atoms with van der Waals surface area (Å²) in [4.78, 5) is 12.3. The van der Waals surface area contributed by atoms with Gasteiger partial charge in [0.25, 0.3) is 5.91 Å². The highest BCUT2D eigenvalue weighted by molar-refractivity contribution is 6.05. The summed E-state index contributed by atoms with van der Waals surface area (Å²) in [5.41, 5.74) is 1.99. The van der Waals surface area contributed by atoms with E-state index in [0.29, 0.717) is 17.9 Å².